The molecule has 5 aromatic rings. The van der Waals surface area contributed by atoms with Gasteiger partial charge < -0.3 is 9.67 Å². The highest BCUT2D eigenvalue weighted by molar-refractivity contribution is 6.35. The standard InChI is InChI=1S/C24H17Cl2N5O2/c25-18-10-9-17(21(26)11-18)13-30-14-20(19-3-1-2-4-22(19)30)23-27-29-31(28-23)12-15-5-7-16(8-6-15)24(32)33/h1-11,14H,12-13H2,(H,32,33). The molecule has 0 unspecified atom stereocenters. The van der Waals surface area contributed by atoms with Gasteiger partial charge in [-0.25, -0.2) is 4.79 Å². The molecule has 33 heavy (non-hydrogen) atoms. The molecule has 164 valence electrons. The van der Waals surface area contributed by atoms with Gasteiger partial charge in [0.1, 0.15) is 0 Å². The number of benzene rings is 3. The van der Waals surface area contributed by atoms with E-state index < -0.39 is 5.97 Å². The van der Waals surface area contributed by atoms with Gasteiger partial charge in [0.2, 0.25) is 5.82 Å². The predicted octanol–water partition coefficient (Wildman–Crippen LogP) is 5.40. The highest BCUT2D eigenvalue weighted by atomic mass is 35.5. The van der Waals surface area contributed by atoms with Crippen molar-refractivity contribution < 1.29 is 9.90 Å². The van der Waals surface area contributed by atoms with Gasteiger partial charge in [-0.1, -0.05) is 59.6 Å². The van der Waals surface area contributed by atoms with Crippen LogP contribution in [0.2, 0.25) is 10.0 Å². The number of para-hydroxylation sites is 1. The van der Waals surface area contributed by atoms with Gasteiger partial charge in [0.25, 0.3) is 0 Å². The lowest BCUT2D eigenvalue weighted by atomic mass is 10.1. The Morgan fingerprint density at radius 2 is 1.76 bits per heavy atom. The number of halogens is 2. The molecule has 2 heterocycles. The number of carboxylic acid groups (broad SMARTS) is 1. The number of hydrogen-bond donors (Lipinski definition) is 1. The minimum Gasteiger partial charge on any atom is -0.478 e. The van der Waals surface area contributed by atoms with Gasteiger partial charge in [-0.3, -0.25) is 0 Å². The number of carboxylic acids is 1. The molecule has 0 aliphatic carbocycles. The zero-order valence-electron chi connectivity index (χ0n) is 17.2. The molecule has 0 aliphatic heterocycles. The second kappa shape index (κ2) is 8.69. The van der Waals surface area contributed by atoms with E-state index in [1.807, 2.05) is 42.6 Å². The molecule has 0 aliphatic rings. The molecule has 2 aromatic heterocycles. The maximum atomic E-state index is 11.0. The van der Waals surface area contributed by atoms with Crippen molar-refractivity contribution >= 4 is 40.1 Å². The molecule has 9 heteroatoms. The third kappa shape index (κ3) is 4.33. The Kier molecular flexibility index (Phi) is 5.58. The number of carbonyl (C=O) groups is 1. The average Bonchev–Trinajstić information content (AvgIpc) is 3.41. The second-order valence-electron chi connectivity index (χ2n) is 7.57. The van der Waals surface area contributed by atoms with Gasteiger partial charge in [-0.15, -0.1) is 10.2 Å². The van der Waals surface area contributed by atoms with Crippen LogP contribution in [0.1, 0.15) is 21.5 Å². The van der Waals surface area contributed by atoms with Gasteiger partial charge in [-0.2, -0.15) is 4.80 Å². The van der Waals surface area contributed by atoms with Crippen molar-refractivity contribution in [3.8, 4) is 11.4 Å². The van der Waals surface area contributed by atoms with E-state index in [0.717, 1.165) is 27.6 Å². The van der Waals surface area contributed by atoms with E-state index in [2.05, 4.69) is 20.0 Å². The van der Waals surface area contributed by atoms with Crippen LogP contribution in [0.3, 0.4) is 0 Å². The first kappa shape index (κ1) is 21.2. The zero-order chi connectivity index (χ0) is 22.9. The number of nitrogens with zero attached hydrogens (tertiary/aromatic N) is 5. The highest BCUT2D eigenvalue weighted by Crippen LogP contribution is 2.30. The molecule has 0 saturated heterocycles. The lowest BCUT2D eigenvalue weighted by Crippen LogP contribution is -2.04. The number of aromatic carboxylic acids is 1. The van der Waals surface area contributed by atoms with Crippen molar-refractivity contribution in [2.75, 3.05) is 0 Å². The van der Waals surface area contributed by atoms with Gasteiger partial charge in [-0.05, 0) is 46.7 Å². The quantitative estimate of drug-likeness (QED) is 0.354. The summed E-state index contributed by atoms with van der Waals surface area (Å²) in [6.07, 6.45) is 2.00. The SMILES string of the molecule is O=C(O)c1ccc(Cn2nnc(-c3cn(Cc4ccc(Cl)cc4Cl)c4ccccc34)n2)cc1. The summed E-state index contributed by atoms with van der Waals surface area (Å²) in [5.41, 5.74) is 3.96. The monoisotopic (exact) mass is 477 g/mol. The fourth-order valence-corrected chi connectivity index (χ4v) is 4.19. The number of fused-ring (bicyclic) bond motifs is 1. The molecular formula is C24H17Cl2N5O2. The topological polar surface area (TPSA) is 85.8 Å². The first-order valence-corrected chi connectivity index (χ1v) is 10.9. The molecule has 0 atom stereocenters. The predicted molar refractivity (Wildman–Crippen MR) is 127 cm³/mol. The summed E-state index contributed by atoms with van der Waals surface area (Å²) in [5.74, 6) is -0.451. The maximum absolute atomic E-state index is 11.0. The van der Waals surface area contributed by atoms with Crippen molar-refractivity contribution in [2.45, 2.75) is 13.1 Å². The summed E-state index contributed by atoms with van der Waals surface area (Å²) in [7, 11) is 0. The Morgan fingerprint density at radius 1 is 0.970 bits per heavy atom. The summed E-state index contributed by atoms with van der Waals surface area (Å²) in [6, 6.07) is 20.1. The molecule has 5 rings (SSSR count). The molecule has 3 aromatic carbocycles. The van der Waals surface area contributed by atoms with Crippen LogP contribution in [0.5, 0.6) is 0 Å². The average molecular weight is 478 g/mol. The zero-order valence-corrected chi connectivity index (χ0v) is 18.7. The van der Waals surface area contributed by atoms with Crippen LogP contribution >= 0.6 is 23.2 Å². The van der Waals surface area contributed by atoms with Crippen molar-refractivity contribution in [1.29, 1.82) is 0 Å². The van der Waals surface area contributed by atoms with Crippen LogP contribution in [0.25, 0.3) is 22.3 Å². The van der Waals surface area contributed by atoms with Gasteiger partial charge in [0, 0.05) is 39.3 Å². The van der Waals surface area contributed by atoms with Crippen LogP contribution in [-0.4, -0.2) is 35.9 Å². The van der Waals surface area contributed by atoms with E-state index in [9.17, 15) is 4.79 Å². The van der Waals surface area contributed by atoms with Gasteiger partial charge in [0.05, 0.1) is 12.1 Å². The van der Waals surface area contributed by atoms with E-state index in [-0.39, 0.29) is 5.56 Å². The van der Waals surface area contributed by atoms with Crippen LogP contribution in [0.4, 0.5) is 0 Å². The summed E-state index contributed by atoms with van der Waals surface area (Å²) < 4.78 is 2.10. The minimum atomic E-state index is -0.959. The van der Waals surface area contributed by atoms with E-state index in [1.54, 1.807) is 30.3 Å². The molecule has 0 spiro atoms. The number of hydrogen-bond acceptors (Lipinski definition) is 4. The minimum absolute atomic E-state index is 0.236. The first-order valence-electron chi connectivity index (χ1n) is 10.1. The van der Waals surface area contributed by atoms with Crippen molar-refractivity contribution in [1.82, 2.24) is 24.8 Å². The van der Waals surface area contributed by atoms with Crippen LogP contribution < -0.4 is 0 Å². The Bertz CT molecular complexity index is 1470. The van der Waals surface area contributed by atoms with E-state index in [0.29, 0.717) is 29.0 Å². The molecular weight excluding hydrogens is 461 g/mol. The number of rotatable bonds is 6. The first-order chi connectivity index (χ1) is 16.0. The van der Waals surface area contributed by atoms with Crippen LogP contribution in [0, 0.1) is 0 Å². The molecule has 0 fully saturated rings. The van der Waals surface area contributed by atoms with E-state index in [1.165, 1.54) is 4.80 Å². The Labute approximate surface area is 198 Å². The largest absolute Gasteiger partial charge is 0.478 e. The molecule has 0 saturated carbocycles. The number of aromatic nitrogens is 5. The highest BCUT2D eigenvalue weighted by Gasteiger charge is 2.16. The molecule has 1 N–H and O–H groups in total. The molecule has 7 nitrogen and oxygen atoms in total. The normalized spacial score (nSPS) is 11.2. The van der Waals surface area contributed by atoms with Gasteiger partial charge >= 0.3 is 5.97 Å². The van der Waals surface area contributed by atoms with E-state index >= 15 is 0 Å². The molecule has 0 amide bonds. The third-order valence-electron chi connectivity index (χ3n) is 5.36. The van der Waals surface area contributed by atoms with Crippen LogP contribution in [-0.2, 0) is 13.1 Å². The smallest absolute Gasteiger partial charge is 0.335 e. The fourth-order valence-electron chi connectivity index (χ4n) is 3.72. The summed E-state index contributed by atoms with van der Waals surface area (Å²) >= 11 is 12.4. The van der Waals surface area contributed by atoms with Crippen LogP contribution in [0.15, 0.2) is 72.9 Å². The lowest BCUT2D eigenvalue weighted by molar-refractivity contribution is 0.0697. The van der Waals surface area contributed by atoms with E-state index in [4.69, 9.17) is 28.3 Å². The summed E-state index contributed by atoms with van der Waals surface area (Å²) in [6.45, 7) is 0.951. The molecule has 0 bridgehead atoms. The molecule has 0 radical (unpaired) electrons. The number of tetrazole rings is 1. The van der Waals surface area contributed by atoms with Crippen molar-refractivity contribution in [3.05, 3.63) is 99.7 Å². The Morgan fingerprint density at radius 3 is 2.52 bits per heavy atom. The maximum Gasteiger partial charge on any atom is 0.335 e. The summed E-state index contributed by atoms with van der Waals surface area (Å²) in [5, 5.41) is 24.3. The van der Waals surface area contributed by atoms with Crippen molar-refractivity contribution in [2.24, 2.45) is 0 Å². The van der Waals surface area contributed by atoms with Gasteiger partial charge in [0.15, 0.2) is 0 Å². The Hall–Kier alpha value is -3.68. The Balaban J connectivity index is 1.45. The van der Waals surface area contributed by atoms with Crippen molar-refractivity contribution in [3.63, 3.8) is 0 Å². The third-order valence-corrected chi connectivity index (χ3v) is 5.95. The summed E-state index contributed by atoms with van der Waals surface area (Å²) in [4.78, 5) is 12.5. The lowest BCUT2D eigenvalue weighted by Gasteiger charge is -2.08. The fraction of sp³-hybridized carbons (Fsp3) is 0.0833. The second-order valence-corrected chi connectivity index (χ2v) is 8.41.